The van der Waals surface area contributed by atoms with Gasteiger partial charge in [-0.25, -0.2) is 9.18 Å². The van der Waals surface area contributed by atoms with Gasteiger partial charge < -0.3 is 11.1 Å². The lowest BCUT2D eigenvalue weighted by Gasteiger charge is -2.02. The van der Waals surface area contributed by atoms with Crippen LogP contribution in [-0.4, -0.2) is 6.03 Å². The van der Waals surface area contributed by atoms with E-state index < -0.39 is 11.8 Å². The zero-order valence-corrected chi connectivity index (χ0v) is 6.54. The third kappa shape index (κ3) is 2.17. The Bertz CT molecular complexity index is 383. The van der Waals surface area contributed by atoms with Crippen LogP contribution in [0.15, 0.2) is 18.2 Å². The van der Waals surface area contributed by atoms with E-state index in [4.69, 9.17) is 11.0 Å². The Kier molecular flexibility index (Phi) is 2.45. The van der Waals surface area contributed by atoms with Gasteiger partial charge in [-0.15, -0.1) is 0 Å². The first kappa shape index (κ1) is 9.00. The molecule has 0 aliphatic heterocycles. The number of nitrogens with two attached hydrogens (primary N) is 1. The molecule has 0 spiro atoms. The van der Waals surface area contributed by atoms with E-state index in [1.807, 2.05) is 0 Å². The van der Waals surface area contributed by atoms with Gasteiger partial charge in [0.05, 0.1) is 17.3 Å². The second-order valence-electron chi connectivity index (χ2n) is 2.30. The average molecular weight is 179 g/mol. The van der Waals surface area contributed by atoms with Crippen LogP contribution in [0.25, 0.3) is 0 Å². The molecule has 0 fully saturated rings. The van der Waals surface area contributed by atoms with E-state index >= 15 is 0 Å². The normalized spacial score (nSPS) is 8.92. The van der Waals surface area contributed by atoms with Crippen LogP contribution in [-0.2, 0) is 0 Å². The van der Waals surface area contributed by atoms with E-state index in [0.717, 1.165) is 6.07 Å². The number of amides is 2. The molecule has 66 valence electrons. The van der Waals surface area contributed by atoms with Crippen LogP contribution in [0.2, 0.25) is 0 Å². The average Bonchev–Trinajstić information content (AvgIpc) is 2.08. The van der Waals surface area contributed by atoms with Gasteiger partial charge in [0, 0.05) is 0 Å². The number of carbonyl (C=O) groups excluding carboxylic acids is 1. The van der Waals surface area contributed by atoms with E-state index in [1.54, 1.807) is 6.07 Å². The van der Waals surface area contributed by atoms with Crippen LogP contribution in [0, 0.1) is 17.1 Å². The fourth-order valence-corrected chi connectivity index (χ4v) is 0.819. The summed E-state index contributed by atoms with van der Waals surface area (Å²) in [5.74, 6) is -0.683. The summed E-state index contributed by atoms with van der Waals surface area (Å²) in [6.45, 7) is 0. The van der Waals surface area contributed by atoms with Crippen molar-refractivity contribution < 1.29 is 9.18 Å². The molecule has 0 bridgehead atoms. The first-order chi connectivity index (χ1) is 6.13. The number of nitrogens with zero attached hydrogens (tertiary/aromatic N) is 1. The summed E-state index contributed by atoms with van der Waals surface area (Å²) in [5.41, 5.74) is 4.93. The standard InChI is InChI=1S/C8H6FN3O/c9-6-3-5(4-10)1-2-7(6)12-8(11)13/h1-3H,(H3,11,12,13). The molecule has 0 aliphatic rings. The SMILES string of the molecule is N#Cc1ccc(NC(N)=O)c(F)c1. The number of nitrogens with one attached hydrogen (secondary N) is 1. The maximum Gasteiger partial charge on any atom is 0.316 e. The van der Waals surface area contributed by atoms with Crippen LogP contribution < -0.4 is 11.1 Å². The molecule has 2 amide bonds. The molecular weight excluding hydrogens is 173 g/mol. The molecule has 0 unspecified atom stereocenters. The Labute approximate surface area is 73.8 Å². The number of benzene rings is 1. The molecule has 1 rings (SSSR count). The predicted octanol–water partition coefficient (Wildman–Crippen LogP) is 1.19. The van der Waals surface area contributed by atoms with Gasteiger partial charge in [0.2, 0.25) is 0 Å². The molecule has 3 N–H and O–H groups in total. The molecular formula is C8H6FN3O. The van der Waals surface area contributed by atoms with Crippen molar-refractivity contribution in [3.05, 3.63) is 29.6 Å². The van der Waals surface area contributed by atoms with E-state index in [2.05, 4.69) is 5.32 Å². The summed E-state index contributed by atoms with van der Waals surface area (Å²) in [6.07, 6.45) is 0. The number of halogens is 1. The lowest BCUT2D eigenvalue weighted by atomic mass is 10.2. The Morgan fingerprint density at radius 2 is 2.31 bits per heavy atom. The summed E-state index contributed by atoms with van der Waals surface area (Å²) in [5, 5.41) is 10.5. The molecule has 0 saturated heterocycles. The van der Waals surface area contributed by atoms with Crippen LogP contribution in [0.1, 0.15) is 5.56 Å². The Balaban J connectivity index is 3.00. The van der Waals surface area contributed by atoms with E-state index in [-0.39, 0.29) is 11.3 Å². The van der Waals surface area contributed by atoms with Crippen molar-refractivity contribution in [2.45, 2.75) is 0 Å². The summed E-state index contributed by atoms with van der Waals surface area (Å²) in [6, 6.07) is 4.60. The van der Waals surface area contributed by atoms with Crippen molar-refractivity contribution in [2.75, 3.05) is 5.32 Å². The Morgan fingerprint density at radius 1 is 1.62 bits per heavy atom. The highest BCUT2D eigenvalue weighted by molar-refractivity contribution is 5.87. The minimum atomic E-state index is -0.844. The third-order valence-electron chi connectivity index (χ3n) is 1.36. The zero-order valence-electron chi connectivity index (χ0n) is 6.54. The maximum absolute atomic E-state index is 13.0. The molecule has 0 aromatic heterocycles. The number of nitriles is 1. The monoisotopic (exact) mass is 179 g/mol. The van der Waals surface area contributed by atoms with Crippen LogP contribution >= 0.6 is 0 Å². The van der Waals surface area contributed by atoms with Crippen molar-refractivity contribution in [3.63, 3.8) is 0 Å². The predicted molar refractivity (Wildman–Crippen MR) is 44.3 cm³/mol. The van der Waals surface area contributed by atoms with E-state index in [0.29, 0.717) is 0 Å². The van der Waals surface area contributed by atoms with Gasteiger partial charge in [0.15, 0.2) is 0 Å². The molecule has 0 saturated carbocycles. The summed E-state index contributed by atoms with van der Waals surface area (Å²) >= 11 is 0. The molecule has 0 radical (unpaired) electrons. The summed E-state index contributed by atoms with van der Waals surface area (Å²) in [4.78, 5) is 10.4. The van der Waals surface area contributed by atoms with Crippen LogP contribution in [0.4, 0.5) is 14.9 Å². The lowest BCUT2D eigenvalue weighted by molar-refractivity contribution is 0.259. The van der Waals surface area contributed by atoms with Gasteiger partial charge in [-0.3, -0.25) is 0 Å². The van der Waals surface area contributed by atoms with Crippen molar-refractivity contribution in [2.24, 2.45) is 5.73 Å². The third-order valence-corrected chi connectivity index (χ3v) is 1.36. The lowest BCUT2D eigenvalue weighted by Crippen LogP contribution is -2.19. The second-order valence-corrected chi connectivity index (χ2v) is 2.30. The highest BCUT2D eigenvalue weighted by Gasteiger charge is 2.04. The highest BCUT2D eigenvalue weighted by Crippen LogP contribution is 2.14. The molecule has 5 heteroatoms. The first-order valence-corrected chi connectivity index (χ1v) is 3.39. The maximum atomic E-state index is 13.0. The molecule has 0 atom stereocenters. The zero-order chi connectivity index (χ0) is 9.84. The van der Waals surface area contributed by atoms with Gasteiger partial charge in [0.1, 0.15) is 5.82 Å². The van der Waals surface area contributed by atoms with Crippen molar-refractivity contribution in [3.8, 4) is 6.07 Å². The van der Waals surface area contributed by atoms with Gasteiger partial charge in [-0.05, 0) is 18.2 Å². The largest absolute Gasteiger partial charge is 0.351 e. The van der Waals surface area contributed by atoms with Crippen LogP contribution in [0.5, 0.6) is 0 Å². The van der Waals surface area contributed by atoms with Crippen molar-refractivity contribution in [1.29, 1.82) is 5.26 Å². The molecule has 0 heterocycles. The van der Waals surface area contributed by atoms with Gasteiger partial charge in [0.25, 0.3) is 0 Å². The molecule has 1 aromatic carbocycles. The first-order valence-electron chi connectivity index (χ1n) is 3.39. The summed E-state index contributed by atoms with van der Waals surface area (Å²) < 4.78 is 13.0. The minimum absolute atomic E-state index is 0.0356. The van der Waals surface area contributed by atoms with Crippen molar-refractivity contribution in [1.82, 2.24) is 0 Å². The molecule has 0 aliphatic carbocycles. The Hall–Kier alpha value is -2.09. The quantitative estimate of drug-likeness (QED) is 0.679. The summed E-state index contributed by atoms with van der Waals surface area (Å²) in [7, 11) is 0. The number of anilines is 1. The number of rotatable bonds is 1. The van der Waals surface area contributed by atoms with Crippen molar-refractivity contribution >= 4 is 11.7 Å². The molecule has 1 aromatic rings. The van der Waals surface area contributed by atoms with Gasteiger partial charge in [-0.2, -0.15) is 5.26 Å². The minimum Gasteiger partial charge on any atom is -0.351 e. The second kappa shape index (κ2) is 3.54. The number of hydrogen-bond acceptors (Lipinski definition) is 2. The number of hydrogen-bond donors (Lipinski definition) is 2. The molecule has 13 heavy (non-hydrogen) atoms. The molecule has 4 nitrogen and oxygen atoms in total. The fourth-order valence-electron chi connectivity index (χ4n) is 0.819. The number of carbonyl (C=O) groups is 1. The van der Waals surface area contributed by atoms with E-state index in [1.165, 1.54) is 12.1 Å². The number of primary amides is 1. The Morgan fingerprint density at radius 3 is 2.77 bits per heavy atom. The number of urea groups is 1. The highest BCUT2D eigenvalue weighted by atomic mass is 19.1. The fraction of sp³-hybridized carbons (Fsp3) is 0. The van der Waals surface area contributed by atoms with Gasteiger partial charge in [-0.1, -0.05) is 0 Å². The van der Waals surface area contributed by atoms with Crippen LogP contribution in [0.3, 0.4) is 0 Å². The van der Waals surface area contributed by atoms with Gasteiger partial charge >= 0.3 is 6.03 Å². The smallest absolute Gasteiger partial charge is 0.316 e. The van der Waals surface area contributed by atoms with E-state index in [9.17, 15) is 9.18 Å². The topological polar surface area (TPSA) is 78.9 Å².